The second-order valence-electron chi connectivity index (χ2n) is 6.22. The number of benzene rings is 1. The maximum absolute atomic E-state index is 12.0. The third kappa shape index (κ3) is 6.03. The molecule has 3 N–H and O–H groups in total. The molecule has 2 amide bonds. The van der Waals surface area contributed by atoms with Gasteiger partial charge in [0.2, 0.25) is 5.91 Å². The van der Waals surface area contributed by atoms with Crippen LogP contribution in [0, 0.1) is 5.41 Å². The van der Waals surface area contributed by atoms with Crippen molar-refractivity contribution in [3.63, 3.8) is 0 Å². The van der Waals surface area contributed by atoms with Gasteiger partial charge in [-0.3, -0.25) is 4.79 Å². The van der Waals surface area contributed by atoms with Crippen molar-refractivity contribution in [3.8, 4) is 0 Å². The molecule has 1 rings (SSSR count). The molecule has 0 bridgehead atoms. The third-order valence-electron chi connectivity index (χ3n) is 3.05. The average Bonchev–Trinajstić information content (AvgIpc) is 2.44. The minimum Gasteiger partial charge on any atom is -0.445 e. The fraction of sp³-hybridized carbons (Fsp3) is 0.500. The van der Waals surface area contributed by atoms with E-state index in [1.165, 1.54) is 0 Å². The van der Waals surface area contributed by atoms with E-state index < -0.39 is 11.5 Å². The van der Waals surface area contributed by atoms with Crippen molar-refractivity contribution in [3.05, 3.63) is 29.8 Å². The van der Waals surface area contributed by atoms with Crippen LogP contribution in [0.4, 0.5) is 10.5 Å². The number of nitrogen functional groups attached to an aromatic ring is 1. The van der Waals surface area contributed by atoms with Crippen molar-refractivity contribution >= 4 is 17.7 Å². The van der Waals surface area contributed by atoms with E-state index in [-0.39, 0.29) is 12.5 Å². The highest BCUT2D eigenvalue weighted by Crippen LogP contribution is 2.15. The van der Waals surface area contributed by atoms with Crippen LogP contribution >= 0.6 is 0 Å². The van der Waals surface area contributed by atoms with E-state index in [2.05, 4.69) is 5.32 Å². The summed E-state index contributed by atoms with van der Waals surface area (Å²) in [6.45, 7) is 6.55. The first kappa shape index (κ1) is 17.8. The number of alkyl carbamates (subject to hydrolysis) is 1. The zero-order valence-electron chi connectivity index (χ0n) is 13.7. The summed E-state index contributed by atoms with van der Waals surface area (Å²) < 4.78 is 5.08. The SMILES string of the molecule is CN(CCNC(=O)OCc1ccc(N)cc1)C(=O)C(C)(C)C. The van der Waals surface area contributed by atoms with Gasteiger partial charge in [-0.05, 0) is 17.7 Å². The predicted octanol–water partition coefficient (Wildman–Crippen LogP) is 2.00. The Hall–Kier alpha value is -2.24. The van der Waals surface area contributed by atoms with Gasteiger partial charge in [0.25, 0.3) is 0 Å². The van der Waals surface area contributed by atoms with Crippen LogP contribution < -0.4 is 11.1 Å². The van der Waals surface area contributed by atoms with Crippen LogP contribution in [0.25, 0.3) is 0 Å². The summed E-state index contributed by atoms with van der Waals surface area (Å²) in [6, 6.07) is 7.12. The number of likely N-dealkylation sites (N-methyl/N-ethyl adjacent to an activating group) is 1. The first-order chi connectivity index (χ1) is 10.2. The molecule has 0 aliphatic carbocycles. The zero-order chi connectivity index (χ0) is 16.8. The first-order valence-corrected chi connectivity index (χ1v) is 7.21. The zero-order valence-corrected chi connectivity index (χ0v) is 13.7. The van der Waals surface area contributed by atoms with Gasteiger partial charge in [0, 0.05) is 31.2 Å². The summed E-state index contributed by atoms with van der Waals surface area (Å²) in [5.41, 5.74) is 6.68. The lowest BCUT2D eigenvalue weighted by Gasteiger charge is -2.25. The smallest absolute Gasteiger partial charge is 0.407 e. The first-order valence-electron chi connectivity index (χ1n) is 7.21. The van der Waals surface area contributed by atoms with Crippen molar-refractivity contribution in [2.45, 2.75) is 27.4 Å². The monoisotopic (exact) mass is 307 g/mol. The molecule has 0 saturated carbocycles. The third-order valence-corrected chi connectivity index (χ3v) is 3.05. The Morgan fingerprint density at radius 2 is 1.82 bits per heavy atom. The van der Waals surface area contributed by atoms with E-state index in [0.29, 0.717) is 18.8 Å². The van der Waals surface area contributed by atoms with E-state index in [4.69, 9.17) is 10.5 Å². The Kier molecular flexibility index (Phi) is 6.22. The average molecular weight is 307 g/mol. The fourth-order valence-electron chi connectivity index (χ4n) is 1.81. The summed E-state index contributed by atoms with van der Waals surface area (Å²) in [4.78, 5) is 25.1. The maximum Gasteiger partial charge on any atom is 0.407 e. The van der Waals surface area contributed by atoms with Gasteiger partial charge in [-0.1, -0.05) is 32.9 Å². The van der Waals surface area contributed by atoms with Gasteiger partial charge in [0.15, 0.2) is 0 Å². The second kappa shape index (κ2) is 7.68. The van der Waals surface area contributed by atoms with Gasteiger partial charge in [0.05, 0.1) is 0 Å². The number of nitrogens with two attached hydrogens (primary N) is 1. The van der Waals surface area contributed by atoms with Crippen molar-refractivity contribution < 1.29 is 14.3 Å². The largest absolute Gasteiger partial charge is 0.445 e. The number of nitrogens with one attached hydrogen (secondary N) is 1. The Morgan fingerprint density at radius 3 is 2.36 bits per heavy atom. The van der Waals surface area contributed by atoms with Crippen molar-refractivity contribution in [2.24, 2.45) is 5.41 Å². The van der Waals surface area contributed by atoms with Crippen molar-refractivity contribution in [1.29, 1.82) is 0 Å². The highest BCUT2D eigenvalue weighted by atomic mass is 16.5. The topological polar surface area (TPSA) is 84.7 Å². The van der Waals surface area contributed by atoms with Gasteiger partial charge in [0.1, 0.15) is 6.61 Å². The molecule has 22 heavy (non-hydrogen) atoms. The van der Waals surface area contributed by atoms with Gasteiger partial charge in [-0.2, -0.15) is 0 Å². The van der Waals surface area contributed by atoms with Crippen LogP contribution in [0.15, 0.2) is 24.3 Å². The molecule has 0 aliphatic rings. The molecule has 0 aliphatic heterocycles. The molecule has 6 heteroatoms. The van der Waals surface area contributed by atoms with Gasteiger partial charge in [-0.15, -0.1) is 0 Å². The lowest BCUT2D eigenvalue weighted by atomic mass is 9.95. The highest BCUT2D eigenvalue weighted by Gasteiger charge is 2.24. The molecule has 0 spiro atoms. The van der Waals surface area contributed by atoms with Crippen LogP contribution in [-0.2, 0) is 16.1 Å². The second-order valence-corrected chi connectivity index (χ2v) is 6.22. The van der Waals surface area contributed by atoms with E-state index in [1.807, 2.05) is 20.8 Å². The quantitative estimate of drug-likeness (QED) is 0.815. The number of carbonyl (C=O) groups is 2. The normalized spacial score (nSPS) is 10.9. The summed E-state index contributed by atoms with van der Waals surface area (Å²) in [5.74, 6) is 0.0320. The highest BCUT2D eigenvalue weighted by molar-refractivity contribution is 5.81. The molecule has 6 nitrogen and oxygen atoms in total. The molecular formula is C16H25N3O3. The lowest BCUT2D eigenvalue weighted by Crippen LogP contribution is -2.41. The van der Waals surface area contributed by atoms with Crippen LogP contribution in [-0.4, -0.2) is 37.0 Å². The minimum atomic E-state index is -0.506. The van der Waals surface area contributed by atoms with E-state index in [1.54, 1.807) is 36.2 Å². The molecule has 0 unspecified atom stereocenters. The molecule has 1 aromatic carbocycles. The molecule has 0 saturated heterocycles. The molecule has 0 aromatic heterocycles. The number of rotatable bonds is 5. The Morgan fingerprint density at radius 1 is 1.23 bits per heavy atom. The van der Waals surface area contributed by atoms with Crippen LogP contribution in [0.3, 0.4) is 0 Å². The summed E-state index contributed by atoms with van der Waals surface area (Å²) >= 11 is 0. The number of ether oxygens (including phenoxy) is 1. The minimum absolute atomic E-state index is 0.0320. The van der Waals surface area contributed by atoms with E-state index in [0.717, 1.165) is 5.56 Å². The van der Waals surface area contributed by atoms with Gasteiger partial charge in [-0.25, -0.2) is 4.79 Å². The van der Waals surface area contributed by atoms with Crippen LogP contribution in [0.1, 0.15) is 26.3 Å². The summed E-state index contributed by atoms with van der Waals surface area (Å²) in [6.07, 6.45) is -0.506. The number of anilines is 1. The molecule has 0 fully saturated rings. The van der Waals surface area contributed by atoms with E-state index in [9.17, 15) is 9.59 Å². The summed E-state index contributed by atoms with van der Waals surface area (Å²) in [5, 5.41) is 2.62. The maximum atomic E-state index is 12.0. The van der Waals surface area contributed by atoms with E-state index >= 15 is 0 Å². The molecule has 0 atom stereocenters. The Balaban J connectivity index is 2.26. The van der Waals surface area contributed by atoms with Crippen LogP contribution in [0.2, 0.25) is 0 Å². The lowest BCUT2D eigenvalue weighted by molar-refractivity contribution is -0.138. The van der Waals surface area contributed by atoms with Gasteiger partial charge >= 0.3 is 6.09 Å². The number of carbonyl (C=O) groups excluding carboxylic acids is 2. The Labute approximate surface area is 131 Å². The predicted molar refractivity (Wildman–Crippen MR) is 86.1 cm³/mol. The Bertz CT molecular complexity index is 506. The fourth-order valence-corrected chi connectivity index (χ4v) is 1.81. The summed E-state index contributed by atoms with van der Waals surface area (Å²) in [7, 11) is 1.72. The number of nitrogens with zero attached hydrogens (tertiary/aromatic N) is 1. The molecule has 0 radical (unpaired) electrons. The van der Waals surface area contributed by atoms with Crippen molar-refractivity contribution in [2.75, 3.05) is 25.9 Å². The molecule has 0 heterocycles. The molecule has 122 valence electrons. The molecule has 1 aromatic rings. The standard InChI is InChI=1S/C16H25N3O3/c1-16(2,3)14(20)19(4)10-9-18-15(21)22-11-12-5-7-13(17)8-6-12/h5-8H,9-11,17H2,1-4H3,(H,18,21). The molecular weight excluding hydrogens is 282 g/mol. The van der Waals surface area contributed by atoms with Crippen molar-refractivity contribution in [1.82, 2.24) is 10.2 Å². The number of amides is 2. The number of hydrogen-bond donors (Lipinski definition) is 2. The number of hydrogen-bond acceptors (Lipinski definition) is 4. The van der Waals surface area contributed by atoms with Gasteiger partial charge < -0.3 is 20.7 Å². The van der Waals surface area contributed by atoms with Crippen LogP contribution in [0.5, 0.6) is 0 Å².